The van der Waals surface area contributed by atoms with E-state index in [0.29, 0.717) is 0 Å². The van der Waals surface area contributed by atoms with Gasteiger partial charge < -0.3 is 13.9 Å². The van der Waals surface area contributed by atoms with Crippen molar-refractivity contribution in [2.45, 2.75) is 0 Å². The molecule has 0 radical (unpaired) electrons. The molecule has 3 nitrogen and oxygen atoms in total. The Balaban J connectivity index is 0.843. The van der Waals surface area contributed by atoms with Gasteiger partial charge in [-0.25, -0.2) is 0 Å². The van der Waals surface area contributed by atoms with Crippen LogP contribution < -0.4 is 4.90 Å². The molecule has 12 aromatic carbocycles. The topological polar surface area (TPSA) is 21.3 Å². The Kier molecular flexibility index (Phi) is 10.8. The zero-order valence-corrected chi connectivity index (χ0v) is 41.0. The summed E-state index contributed by atoms with van der Waals surface area (Å²) in [4.78, 5) is 2.40. The quantitative estimate of drug-likeness (QED) is 0.136. The first kappa shape index (κ1) is 43.8. The number of para-hydroxylation sites is 6. The number of hydrogen-bond donors (Lipinski definition) is 0. The van der Waals surface area contributed by atoms with E-state index >= 15 is 0 Å². The summed E-state index contributed by atoms with van der Waals surface area (Å²) in [5.41, 5.74) is 22.5. The molecule has 0 saturated heterocycles. The molecule has 75 heavy (non-hydrogen) atoms. The summed E-state index contributed by atoms with van der Waals surface area (Å²) in [6.07, 6.45) is 0. The Morgan fingerprint density at radius 2 is 0.667 bits per heavy atom. The van der Waals surface area contributed by atoms with Gasteiger partial charge in [-0.2, -0.15) is 0 Å². The molecule has 3 heteroatoms. The molecular formula is C72H48N2O. The van der Waals surface area contributed by atoms with Crippen LogP contribution in [0.25, 0.3) is 116 Å². The lowest BCUT2D eigenvalue weighted by Crippen LogP contribution is -2.11. The molecule has 0 aliphatic rings. The van der Waals surface area contributed by atoms with Gasteiger partial charge in [0.1, 0.15) is 11.2 Å². The molecular weight excluding hydrogens is 909 g/mol. The normalized spacial score (nSPS) is 11.5. The molecule has 352 valence electrons. The third-order valence-corrected chi connectivity index (χ3v) is 14.9. The molecule has 0 spiro atoms. The second-order valence-electron chi connectivity index (χ2n) is 19.2. The van der Waals surface area contributed by atoms with Crippen LogP contribution in [-0.4, -0.2) is 4.57 Å². The van der Waals surface area contributed by atoms with Crippen LogP contribution in [0.15, 0.2) is 296 Å². The van der Waals surface area contributed by atoms with E-state index in [9.17, 15) is 0 Å². The molecule has 2 heterocycles. The van der Waals surface area contributed by atoms with Crippen LogP contribution >= 0.6 is 0 Å². The van der Waals surface area contributed by atoms with Gasteiger partial charge in [0, 0.05) is 49.6 Å². The van der Waals surface area contributed by atoms with Gasteiger partial charge in [0.25, 0.3) is 0 Å². The van der Waals surface area contributed by atoms with E-state index in [1.807, 2.05) is 12.1 Å². The maximum absolute atomic E-state index is 6.41. The van der Waals surface area contributed by atoms with Crippen molar-refractivity contribution >= 4 is 60.8 Å². The summed E-state index contributed by atoms with van der Waals surface area (Å²) in [5, 5.41) is 4.77. The van der Waals surface area contributed by atoms with Crippen molar-refractivity contribution < 1.29 is 4.42 Å². The SMILES string of the molecule is c1ccc(-c2ccc(-c3ccccc3N(c3ccc(-c4ccc(-c5cccc6c5oc5ccccc56)cc4)cc3)c3ccc(-c4ccccc4-c4ccccc4-n4c5ccccc5c5ccccc54)cc3)cc2)cc1. The predicted molar refractivity (Wildman–Crippen MR) is 315 cm³/mol. The van der Waals surface area contributed by atoms with Gasteiger partial charge in [-0.1, -0.05) is 237 Å². The van der Waals surface area contributed by atoms with Crippen molar-refractivity contribution in [3.63, 3.8) is 0 Å². The van der Waals surface area contributed by atoms with Crippen molar-refractivity contribution in [3.05, 3.63) is 291 Å². The van der Waals surface area contributed by atoms with E-state index in [-0.39, 0.29) is 0 Å². The first-order valence-electron chi connectivity index (χ1n) is 25.7. The molecule has 0 unspecified atom stereocenters. The third kappa shape index (κ3) is 7.78. The number of benzene rings is 12. The predicted octanol–water partition coefficient (Wildman–Crippen LogP) is 20.2. The molecule has 0 aliphatic carbocycles. The average Bonchev–Trinajstić information content (AvgIpc) is 4.06. The van der Waals surface area contributed by atoms with Crippen LogP contribution in [0.4, 0.5) is 17.1 Å². The highest BCUT2D eigenvalue weighted by molar-refractivity contribution is 6.11. The van der Waals surface area contributed by atoms with E-state index in [1.165, 1.54) is 49.6 Å². The van der Waals surface area contributed by atoms with Crippen molar-refractivity contribution in [2.24, 2.45) is 0 Å². The van der Waals surface area contributed by atoms with Gasteiger partial charge >= 0.3 is 0 Å². The summed E-state index contributed by atoms with van der Waals surface area (Å²) < 4.78 is 8.83. The fraction of sp³-hybridized carbons (Fsp3) is 0. The van der Waals surface area contributed by atoms with Crippen molar-refractivity contribution in [1.29, 1.82) is 0 Å². The number of nitrogens with zero attached hydrogens (tertiary/aromatic N) is 2. The van der Waals surface area contributed by atoms with Crippen LogP contribution in [0.2, 0.25) is 0 Å². The Labute approximate surface area is 436 Å². The number of furan rings is 1. The molecule has 0 N–H and O–H groups in total. The summed E-state index contributed by atoms with van der Waals surface area (Å²) in [5.74, 6) is 0. The lowest BCUT2D eigenvalue weighted by Gasteiger charge is -2.28. The summed E-state index contributed by atoms with van der Waals surface area (Å²) in [6, 6.07) is 105. The number of rotatable bonds is 10. The number of aromatic nitrogens is 1. The smallest absolute Gasteiger partial charge is 0.143 e. The average molecular weight is 957 g/mol. The fourth-order valence-electron chi connectivity index (χ4n) is 11.3. The number of fused-ring (bicyclic) bond motifs is 6. The first-order valence-corrected chi connectivity index (χ1v) is 25.7. The monoisotopic (exact) mass is 956 g/mol. The second-order valence-corrected chi connectivity index (χ2v) is 19.2. The van der Waals surface area contributed by atoms with Crippen LogP contribution in [0.3, 0.4) is 0 Å². The van der Waals surface area contributed by atoms with E-state index in [4.69, 9.17) is 4.42 Å². The molecule has 0 amide bonds. The van der Waals surface area contributed by atoms with Gasteiger partial charge in [0.15, 0.2) is 0 Å². The largest absolute Gasteiger partial charge is 0.455 e. The second kappa shape index (κ2) is 18.6. The molecule has 0 bridgehead atoms. The van der Waals surface area contributed by atoms with Crippen molar-refractivity contribution in [2.75, 3.05) is 4.90 Å². The lowest BCUT2D eigenvalue weighted by atomic mass is 9.93. The standard InChI is InChI=1S/C72H48N2O/c1-2-17-49(18-3-1)50-33-37-54(38-34-50)59-20-6-11-28-67(59)73(56-45-41-52(42-46-56)51-35-39-55(40-36-51)60-26-16-27-66-65-25-10-15-32-71(65)75-72(60)66)57-47-43-53(44-48-57)58-19-4-5-21-61(58)62-22-7-12-29-68(62)74-69-30-13-8-23-63(69)64-24-9-14-31-70(64)74/h1-48H. The minimum atomic E-state index is 0.907. The summed E-state index contributed by atoms with van der Waals surface area (Å²) in [7, 11) is 0. The Morgan fingerprint density at radius 3 is 1.32 bits per heavy atom. The Morgan fingerprint density at radius 1 is 0.253 bits per heavy atom. The maximum atomic E-state index is 6.41. The highest BCUT2D eigenvalue weighted by Crippen LogP contribution is 2.45. The molecule has 14 rings (SSSR count). The molecule has 0 fully saturated rings. The van der Waals surface area contributed by atoms with Gasteiger partial charge in [0.2, 0.25) is 0 Å². The maximum Gasteiger partial charge on any atom is 0.143 e. The molecule has 14 aromatic rings. The Bertz CT molecular complexity index is 4320. The van der Waals surface area contributed by atoms with E-state index < -0.39 is 0 Å². The minimum absolute atomic E-state index is 0.907. The molecule has 0 atom stereocenters. The van der Waals surface area contributed by atoms with Gasteiger partial charge in [0.05, 0.1) is 22.4 Å². The van der Waals surface area contributed by atoms with E-state index in [0.717, 1.165) is 83.6 Å². The van der Waals surface area contributed by atoms with Crippen molar-refractivity contribution in [3.8, 4) is 72.4 Å². The number of hydrogen-bond acceptors (Lipinski definition) is 2. The van der Waals surface area contributed by atoms with E-state index in [1.54, 1.807) is 0 Å². The van der Waals surface area contributed by atoms with Crippen LogP contribution in [-0.2, 0) is 0 Å². The Hall–Kier alpha value is -9.96. The van der Waals surface area contributed by atoms with Crippen LogP contribution in [0.1, 0.15) is 0 Å². The van der Waals surface area contributed by atoms with Gasteiger partial charge in [-0.05, 0) is 105 Å². The van der Waals surface area contributed by atoms with E-state index in [2.05, 4.69) is 289 Å². The van der Waals surface area contributed by atoms with Crippen LogP contribution in [0, 0.1) is 0 Å². The zero-order chi connectivity index (χ0) is 49.7. The fourth-order valence-corrected chi connectivity index (χ4v) is 11.3. The minimum Gasteiger partial charge on any atom is -0.455 e. The lowest BCUT2D eigenvalue weighted by molar-refractivity contribution is 0.670. The summed E-state index contributed by atoms with van der Waals surface area (Å²) in [6.45, 7) is 0. The summed E-state index contributed by atoms with van der Waals surface area (Å²) >= 11 is 0. The highest BCUT2D eigenvalue weighted by Gasteiger charge is 2.21. The van der Waals surface area contributed by atoms with Gasteiger partial charge in [-0.15, -0.1) is 0 Å². The molecule has 0 saturated carbocycles. The first-order chi connectivity index (χ1) is 37.2. The zero-order valence-electron chi connectivity index (χ0n) is 41.0. The molecule has 0 aliphatic heterocycles. The third-order valence-electron chi connectivity index (χ3n) is 14.9. The molecule has 2 aromatic heterocycles. The van der Waals surface area contributed by atoms with Crippen LogP contribution in [0.5, 0.6) is 0 Å². The van der Waals surface area contributed by atoms with Gasteiger partial charge in [-0.3, -0.25) is 0 Å². The van der Waals surface area contributed by atoms with Crippen molar-refractivity contribution in [1.82, 2.24) is 4.57 Å². The number of anilines is 3. The highest BCUT2D eigenvalue weighted by atomic mass is 16.3.